The van der Waals surface area contributed by atoms with Crippen molar-refractivity contribution in [2.75, 3.05) is 0 Å². The van der Waals surface area contributed by atoms with E-state index in [9.17, 15) is 54.9 Å². The number of rotatable bonds is 18. The van der Waals surface area contributed by atoms with Crippen LogP contribution in [-0.4, -0.2) is 83.7 Å². The molecule has 0 saturated heterocycles. The third-order valence-corrected chi connectivity index (χ3v) is 27.8. The van der Waals surface area contributed by atoms with Gasteiger partial charge in [0, 0.05) is 37.7 Å². The van der Waals surface area contributed by atoms with Crippen LogP contribution in [0.5, 0.6) is 0 Å². The number of nitrogens with one attached hydrogen (secondary N) is 6. The highest BCUT2D eigenvalue weighted by Gasteiger charge is 2.32. The van der Waals surface area contributed by atoms with Crippen LogP contribution in [0.3, 0.4) is 0 Å². The maximum atomic E-state index is 13.9. The predicted octanol–water partition coefficient (Wildman–Crippen LogP) is 20.4. The van der Waals surface area contributed by atoms with Gasteiger partial charge in [-0.25, -0.2) is 83.2 Å². The smallest absolute Gasteiger partial charge is 0.207 e. The molecule has 0 amide bonds. The number of nitriles is 1. The highest BCUT2D eigenvalue weighted by molar-refractivity contribution is 9.10. The number of hydrogen-bond acceptors (Lipinski definition) is 13. The van der Waals surface area contributed by atoms with Gasteiger partial charge in [-0.2, -0.15) is 5.26 Å². The van der Waals surface area contributed by atoms with Crippen molar-refractivity contribution in [3.63, 3.8) is 0 Å². The van der Waals surface area contributed by atoms with Gasteiger partial charge < -0.3 is 0 Å². The number of hydrogen-bond donors (Lipinski definition) is 6. The molecule has 0 radical (unpaired) electrons. The molecule has 0 aliphatic heterocycles. The summed E-state index contributed by atoms with van der Waals surface area (Å²) in [4.78, 5) is 0.443. The van der Waals surface area contributed by atoms with E-state index in [4.69, 9.17) is 40.1 Å². The molecule has 6 N–H and O–H groups in total. The molecule has 6 rings (SSSR count). The Labute approximate surface area is 685 Å². The van der Waals surface area contributed by atoms with Crippen molar-refractivity contribution < 1.29 is 54.9 Å². The first-order chi connectivity index (χ1) is 49.1. The van der Waals surface area contributed by atoms with Crippen molar-refractivity contribution in [3.8, 4) is 6.07 Å². The molecule has 0 aromatic heterocycles. The highest BCUT2D eigenvalue weighted by atomic mass is 79.9. The number of nitrogens with zero attached hydrogens (tertiary/aromatic N) is 1. The molecular weight excluding hydrogens is 1650 g/mol. The van der Waals surface area contributed by atoms with E-state index in [1.165, 1.54) is 18.2 Å². The van der Waals surface area contributed by atoms with Gasteiger partial charge in [0.15, 0.2) is 0 Å². The summed E-state index contributed by atoms with van der Waals surface area (Å²) in [7, 11) is -21.7. The Morgan fingerprint density at radius 2 is 0.573 bits per heavy atom. The van der Waals surface area contributed by atoms with Crippen molar-refractivity contribution in [3.05, 3.63) is 173 Å². The van der Waals surface area contributed by atoms with Crippen LogP contribution in [0.1, 0.15) is 288 Å². The lowest BCUT2D eigenvalue weighted by atomic mass is 10.0. The quantitative estimate of drug-likeness (QED) is 0.0467. The summed E-state index contributed by atoms with van der Waals surface area (Å²) in [6.07, 6.45) is 0. The number of sulfonamides is 6. The Balaban J connectivity index is 0.000000660. The van der Waals surface area contributed by atoms with Gasteiger partial charge in [-0.15, -0.1) is 0 Å². The van der Waals surface area contributed by atoms with Crippen molar-refractivity contribution in [2.45, 2.75) is 313 Å². The van der Waals surface area contributed by atoms with Gasteiger partial charge >= 0.3 is 0 Å². The minimum atomic E-state index is -3.82. The maximum absolute atomic E-state index is 13.9. The van der Waals surface area contributed by atoms with Crippen LogP contribution in [0.4, 0.5) is 4.39 Å². The standard InChI is InChI=1S/C14H20N2O2S.C14H23NO2S.C13H20BrNO2S.C13H19Cl2NO2S.C13H20ClNO2S.C13H20FNO2S/c1-10(2)11-6-7-13(12(8-11)9-15)19(17,18)16-14(3,4)5;1-10(2)12-7-8-13(11(3)9-12)18(16,17)15-14(4,5)6;1-9(2)10-6-7-12(11(14)8-10)18(16,17)15-13(3,4)5;1-8(2)9-6-10(14)12(11(15)7-9)19(17,18)16-13(3,4)5;2*1-9(2)10-6-7-12(11(14)8-10)18(16,17)15-13(3,4)5/h6-8,10,16H,1-5H3;7-10,15H,1-6H3;6-9,15H,1-5H3;6-8,16H,1-5H3;2*6-9,15H,1-5H3. The van der Waals surface area contributed by atoms with Crippen molar-refractivity contribution in [2.24, 2.45) is 0 Å². The van der Waals surface area contributed by atoms with Crippen molar-refractivity contribution >= 4 is 111 Å². The van der Waals surface area contributed by atoms with Gasteiger partial charge in [0.05, 0.1) is 35.3 Å². The summed E-state index contributed by atoms with van der Waals surface area (Å²) in [6, 6.07) is 30.4. The van der Waals surface area contributed by atoms with Gasteiger partial charge in [-0.05, 0) is 289 Å². The maximum Gasteiger partial charge on any atom is 0.244 e. The third kappa shape index (κ3) is 35.7. The fourth-order valence-electron chi connectivity index (χ4n) is 9.76. The van der Waals surface area contributed by atoms with E-state index in [1.54, 1.807) is 144 Å². The second-order valence-corrected chi connectivity index (χ2v) is 46.8. The van der Waals surface area contributed by atoms with E-state index in [2.05, 4.69) is 72.0 Å². The molecule has 620 valence electrons. The van der Waals surface area contributed by atoms with Crippen molar-refractivity contribution in [1.29, 1.82) is 5.26 Å². The molecule has 0 unspecified atom stereocenters. The molecule has 0 fully saturated rings. The molecule has 0 aliphatic carbocycles. The second kappa shape index (κ2) is 40.4. The van der Waals surface area contributed by atoms with Crippen LogP contribution in [0.25, 0.3) is 0 Å². The van der Waals surface area contributed by atoms with E-state index < -0.39 is 99.2 Å². The van der Waals surface area contributed by atoms with Crippen molar-refractivity contribution in [1.82, 2.24) is 28.3 Å². The Hall–Kier alpha value is -4.45. The van der Waals surface area contributed by atoms with E-state index in [0.717, 1.165) is 38.9 Å². The molecule has 0 bridgehead atoms. The first kappa shape index (κ1) is 104. The first-order valence-corrected chi connectivity index (χ1v) is 46.7. The molecular formula is C80H122BrCl3FN7O12S6. The SMILES string of the molecule is CC(C)c1cc(Cl)c(S(=O)(=O)NC(C)(C)C)c(Cl)c1.CC(C)c1ccc(S(=O)(=O)NC(C)(C)C)c(Br)c1.CC(C)c1ccc(S(=O)(=O)NC(C)(C)C)c(C#N)c1.CC(C)c1ccc(S(=O)(=O)NC(C)(C)C)c(Cl)c1.CC(C)c1ccc(S(=O)(=O)NC(C)(C)C)c(F)c1.Cc1cc(C(C)C)ccc1S(=O)(=O)NC(C)(C)C. The lowest BCUT2D eigenvalue weighted by Crippen LogP contribution is -2.40. The summed E-state index contributed by atoms with van der Waals surface area (Å²) in [5, 5.41) is 9.70. The second-order valence-electron chi connectivity index (χ2n) is 34.8. The summed E-state index contributed by atoms with van der Waals surface area (Å²) in [5.41, 5.74) is 3.59. The predicted molar refractivity (Wildman–Crippen MR) is 456 cm³/mol. The minimum Gasteiger partial charge on any atom is -0.207 e. The zero-order valence-electron chi connectivity index (χ0n) is 70.0. The highest BCUT2D eigenvalue weighted by Crippen LogP contribution is 2.35. The fraction of sp³-hybridized carbons (Fsp3) is 0.537. The Bertz CT molecular complexity index is 4480. The van der Waals surface area contributed by atoms with Crippen LogP contribution in [-0.2, 0) is 60.1 Å². The normalized spacial score (nSPS) is 13.0. The van der Waals surface area contributed by atoms with Gasteiger partial charge in [0.2, 0.25) is 60.1 Å². The number of halogens is 5. The topological polar surface area (TPSA) is 301 Å². The van der Waals surface area contributed by atoms with Crippen LogP contribution >= 0.6 is 50.7 Å². The lowest BCUT2D eigenvalue weighted by molar-refractivity contribution is 0.484. The van der Waals surface area contributed by atoms with Crippen LogP contribution in [0.15, 0.2) is 137 Å². The summed E-state index contributed by atoms with van der Waals surface area (Å²) >= 11 is 21.6. The monoisotopic (exact) mass is 1770 g/mol. The summed E-state index contributed by atoms with van der Waals surface area (Å²) in [5.74, 6) is 1.01. The fourth-order valence-corrected chi connectivity index (χ4v) is 21.6. The number of benzene rings is 6. The average molecular weight is 1770 g/mol. The molecule has 110 heavy (non-hydrogen) atoms. The van der Waals surface area contributed by atoms with Crippen LogP contribution in [0.2, 0.25) is 15.1 Å². The molecule has 0 heterocycles. The van der Waals surface area contributed by atoms with Crippen LogP contribution in [0, 0.1) is 24.1 Å². The molecule has 0 atom stereocenters. The average Bonchev–Trinajstić information content (AvgIpc) is 0.808. The van der Waals surface area contributed by atoms with E-state index in [1.807, 2.05) is 134 Å². The molecule has 0 saturated carbocycles. The number of aryl methyl sites for hydroxylation is 1. The van der Waals surface area contributed by atoms with E-state index >= 15 is 0 Å². The third-order valence-electron chi connectivity index (χ3n) is 14.6. The van der Waals surface area contributed by atoms with Gasteiger partial charge in [0.1, 0.15) is 26.6 Å². The zero-order chi connectivity index (χ0) is 86.4. The Morgan fingerprint density at radius 3 is 0.882 bits per heavy atom. The molecule has 19 nitrogen and oxygen atoms in total. The van der Waals surface area contributed by atoms with Gasteiger partial charge in [-0.1, -0.05) is 154 Å². The molecule has 0 aliphatic rings. The summed E-state index contributed by atoms with van der Waals surface area (Å²) in [6.45, 7) is 58.1. The Kier molecular flexibility index (Phi) is 38.0. The first-order valence-electron chi connectivity index (χ1n) is 35.9. The summed E-state index contributed by atoms with van der Waals surface area (Å²) < 4.78 is 176. The lowest BCUT2D eigenvalue weighted by Gasteiger charge is -2.21. The zero-order valence-corrected chi connectivity index (χ0v) is 78.7. The minimum absolute atomic E-state index is 0.0364. The van der Waals surface area contributed by atoms with E-state index in [-0.39, 0.29) is 62.9 Å². The molecule has 30 heteroatoms. The van der Waals surface area contributed by atoms with E-state index in [0.29, 0.717) is 27.1 Å². The van der Waals surface area contributed by atoms with Gasteiger partial charge in [0.25, 0.3) is 0 Å². The van der Waals surface area contributed by atoms with Crippen LogP contribution < -0.4 is 28.3 Å². The van der Waals surface area contributed by atoms with Gasteiger partial charge in [-0.3, -0.25) is 0 Å². The molecule has 6 aromatic carbocycles. The molecule has 0 spiro atoms. The largest absolute Gasteiger partial charge is 0.244 e. The Morgan fingerprint density at radius 1 is 0.327 bits per heavy atom. The molecule has 6 aromatic rings.